The van der Waals surface area contributed by atoms with Crippen molar-refractivity contribution in [3.63, 3.8) is 0 Å². The Bertz CT molecular complexity index is 740. The van der Waals surface area contributed by atoms with Crippen molar-refractivity contribution in [2.75, 3.05) is 25.5 Å². The summed E-state index contributed by atoms with van der Waals surface area (Å²) in [6.45, 7) is 2.19. The number of ether oxygens (including phenoxy) is 1. The maximum atomic E-state index is 12.6. The summed E-state index contributed by atoms with van der Waals surface area (Å²) >= 11 is 0. The van der Waals surface area contributed by atoms with Crippen LogP contribution in [0.1, 0.15) is 12.5 Å². The number of halogens is 1. The summed E-state index contributed by atoms with van der Waals surface area (Å²) in [7, 11) is 1.56. The van der Waals surface area contributed by atoms with Gasteiger partial charge in [0.15, 0.2) is 0 Å². The largest absolute Gasteiger partial charge is 0.497 e. The lowest BCUT2D eigenvalue weighted by Crippen LogP contribution is -2.47. The zero-order valence-electron chi connectivity index (χ0n) is 15.6. The van der Waals surface area contributed by atoms with Crippen LogP contribution >= 0.6 is 12.4 Å². The SMILES string of the molecule is CCN(CC(=O)Nc1cccc(OC)c1)C(=O)[C@@H](N)Cc1ccccc1.Cl. The molecule has 27 heavy (non-hydrogen) atoms. The first-order valence-corrected chi connectivity index (χ1v) is 8.55. The van der Waals surface area contributed by atoms with Crippen molar-refractivity contribution in [3.8, 4) is 5.75 Å². The third-order valence-electron chi connectivity index (χ3n) is 4.00. The molecule has 1 atom stereocenters. The summed E-state index contributed by atoms with van der Waals surface area (Å²) in [5.41, 5.74) is 7.66. The van der Waals surface area contributed by atoms with Gasteiger partial charge in [-0.3, -0.25) is 9.59 Å². The topological polar surface area (TPSA) is 84.7 Å². The van der Waals surface area contributed by atoms with Crippen LogP contribution in [0.25, 0.3) is 0 Å². The van der Waals surface area contributed by atoms with Crippen molar-refractivity contribution in [1.29, 1.82) is 0 Å². The van der Waals surface area contributed by atoms with E-state index in [2.05, 4.69) is 5.32 Å². The van der Waals surface area contributed by atoms with Gasteiger partial charge < -0.3 is 20.7 Å². The van der Waals surface area contributed by atoms with Gasteiger partial charge >= 0.3 is 0 Å². The number of benzene rings is 2. The maximum Gasteiger partial charge on any atom is 0.243 e. The van der Waals surface area contributed by atoms with Crippen LogP contribution in [-0.4, -0.2) is 43.0 Å². The molecule has 2 amide bonds. The van der Waals surface area contributed by atoms with Crippen LogP contribution in [0.2, 0.25) is 0 Å². The van der Waals surface area contributed by atoms with Crippen LogP contribution < -0.4 is 15.8 Å². The number of likely N-dealkylation sites (N-methyl/N-ethyl adjacent to an activating group) is 1. The van der Waals surface area contributed by atoms with Gasteiger partial charge in [-0.2, -0.15) is 0 Å². The van der Waals surface area contributed by atoms with Gasteiger partial charge in [-0.1, -0.05) is 36.4 Å². The first-order valence-electron chi connectivity index (χ1n) is 8.55. The highest BCUT2D eigenvalue weighted by Crippen LogP contribution is 2.16. The van der Waals surface area contributed by atoms with Crippen molar-refractivity contribution in [3.05, 3.63) is 60.2 Å². The quantitative estimate of drug-likeness (QED) is 0.724. The van der Waals surface area contributed by atoms with Crippen molar-refractivity contribution in [2.24, 2.45) is 5.73 Å². The number of methoxy groups -OCH3 is 1. The first-order chi connectivity index (χ1) is 12.5. The van der Waals surface area contributed by atoms with Crippen molar-refractivity contribution < 1.29 is 14.3 Å². The summed E-state index contributed by atoms with van der Waals surface area (Å²) < 4.78 is 5.13. The molecule has 0 saturated heterocycles. The molecule has 0 bridgehead atoms. The van der Waals surface area contributed by atoms with Gasteiger partial charge in [0.1, 0.15) is 5.75 Å². The molecule has 146 valence electrons. The summed E-state index contributed by atoms with van der Waals surface area (Å²) in [6, 6.07) is 16.0. The molecule has 6 nitrogen and oxygen atoms in total. The molecule has 2 aromatic rings. The molecule has 2 rings (SSSR count). The zero-order chi connectivity index (χ0) is 18.9. The number of amides is 2. The van der Waals surface area contributed by atoms with Crippen molar-refractivity contribution in [1.82, 2.24) is 4.90 Å². The van der Waals surface area contributed by atoms with Crippen LogP contribution in [-0.2, 0) is 16.0 Å². The molecule has 0 aliphatic carbocycles. The average molecular weight is 392 g/mol. The smallest absolute Gasteiger partial charge is 0.243 e. The number of anilines is 1. The number of carbonyl (C=O) groups excluding carboxylic acids is 2. The van der Waals surface area contributed by atoms with Crippen LogP contribution in [0, 0.1) is 0 Å². The average Bonchev–Trinajstić information content (AvgIpc) is 2.66. The molecule has 0 saturated carbocycles. The fraction of sp³-hybridized carbons (Fsp3) is 0.300. The third kappa shape index (κ3) is 6.92. The Labute approximate surface area is 166 Å². The zero-order valence-corrected chi connectivity index (χ0v) is 16.4. The number of hydrogen-bond acceptors (Lipinski definition) is 4. The van der Waals surface area contributed by atoms with E-state index >= 15 is 0 Å². The van der Waals surface area contributed by atoms with E-state index in [1.807, 2.05) is 37.3 Å². The standard InChI is InChI=1S/C20H25N3O3.ClH/c1-3-23(20(25)18(21)12-15-8-5-4-6-9-15)14-19(24)22-16-10-7-11-17(13-16)26-2;/h4-11,13,18H,3,12,14,21H2,1-2H3,(H,22,24);1H/t18-;/m0./s1. The Kier molecular flexibility index (Phi) is 9.33. The molecule has 0 spiro atoms. The highest BCUT2D eigenvalue weighted by atomic mass is 35.5. The molecule has 0 radical (unpaired) electrons. The Morgan fingerprint density at radius 3 is 2.48 bits per heavy atom. The molecule has 0 aliphatic rings. The van der Waals surface area contributed by atoms with Gasteiger partial charge in [0.25, 0.3) is 0 Å². The predicted molar refractivity (Wildman–Crippen MR) is 109 cm³/mol. The lowest BCUT2D eigenvalue weighted by Gasteiger charge is -2.24. The van der Waals surface area contributed by atoms with Crippen LogP contribution in [0.5, 0.6) is 5.75 Å². The summed E-state index contributed by atoms with van der Waals surface area (Å²) in [5, 5.41) is 2.77. The lowest BCUT2D eigenvalue weighted by atomic mass is 10.1. The molecule has 2 aromatic carbocycles. The van der Waals surface area contributed by atoms with E-state index in [-0.39, 0.29) is 30.8 Å². The van der Waals surface area contributed by atoms with Gasteiger partial charge in [-0.15, -0.1) is 12.4 Å². The molecule has 0 unspecified atom stereocenters. The second kappa shape index (κ2) is 11.2. The second-order valence-corrected chi connectivity index (χ2v) is 5.93. The minimum Gasteiger partial charge on any atom is -0.497 e. The van der Waals surface area contributed by atoms with Gasteiger partial charge in [-0.05, 0) is 31.0 Å². The molecule has 3 N–H and O–H groups in total. The number of nitrogens with two attached hydrogens (primary N) is 1. The Morgan fingerprint density at radius 2 is 1.85 bits per heavy atom. The van der Waals surface area contributed by atoms with Crippen molar-refractivity contribution in [2.45, 2.75) is 19.4 Å². The summed E-state index contributed by atoms with van der Waals surface area (Å²) in [5.74, 6) is 0.133. The van der Waals surface area contributed by atoms with Gasteiger partial charge in [-0.25, -0.2) is 0 Å². The molecule has 0 fully saturated rings. The number of hydrogen-bond donors (Lipinski definition) is 2. The summed E-state index contributed by atoms with van der Waals surface area (Å²) in [6.07, 6.45) is 0.438. The molecule has 0 aromatic heterocycles. The van der Waals surface area contributed by atoms with E-state index in [9.17, 15) is 9.59 Å². The minimum atomic E-state index is -0.679. The molecule has 7 heteroatoms. The number of carbonyl (C=O) groups is 2. The van der Waals surface area contributed by atoms with Crippen molar-refractivity contribution >= 4 is 29.9 Å². The highest BCUT2D eigenvalue weighted by molar-refractivity contribution is 5.95. The van der Waals surface area contributed by atoms with Gasteiger partial charge in [0, 0.05) is 18.3 Å². The Balaban J connectivity index is 0.00000364. The fourth-order valence-corrected chi connectivity index (χ4v) is 2.61. The molecule has 0 heterocycles. The monoisotopic (exact) mass is 391 g/mol. The summed E-state index contributed by atoms with van der Waals surface area (Å²) in [4.78, 5) is 26.3. The molecular weight excluding hydrogens is 366 g/mol. The predicted octanol–water partition coefficient (Wildman–Crippen LogP) is 2.47. The van der Waals surface area contributed by atoms with E-state index in [0.29, 0.717) is 24.4 Å². The van der Waals surface area contributed by atoms with E-state index in [0.717, 1.165) is 5.56 Å². The van der Waals surface area contributed by atoms with E-state index in [1.165, 1.54) is 4.90 Å². The second-order valence-electron chi connectivity index (χ2n) is 5.93. The third-order valence-corrected chi connectivity index (χ3v) is 4.00. The first kappa shape index (κ1) is 22.5. The Morgan fingerprint density at radius 1 is 1.15 bits per heavy atom. The van der Waals surface area contributed by atoms with E-state index in [4.69, 9.17) is 10.5 Å². The van der Waals surface area contributed by atoms with Gasteiger partial charge in [0.2, 0.25) is 11.8 Å². The number of nitrogens with zero attached hydrogens (tertiary/aromatic N) is 1. The normalized spacial score (nSPS) is 11.1. The molecule has 0 aliphatic heterocycles. The van der Waals surface area contributed by atoms with Crippen LogP contribution in [0.4, 0.5) is 5.69 Å². The minimum absolute atomic E-state index is 0. The number of rotatable bonds is 8. The highest BCUT2D eigenvalue weighted by Gasteiger charge is 2.22. The number of nitrogens with one attached hydrogen (secondary N) is 1. The van der Waals surface area contributed by atoms with E-state index in [1.54, 1.807) is 31.4 Å². The van der Waals surface area contributed by atoms with Crippen LogP contribution in [0.3, 0.4) is 0 Å². The van der Waals surface area contributed by atoms with Gasteiger partial charge in [0.05, 0.1) is 19.7 Å². The fourth-order valence-electron chi connectivity index (χ4n) is 2.61. The molecular formula is C20H26ClN3O3. The lowest BCUT2D eigenvalue weighted by molar-refractivity contribution is -0.135. The Hall–Kier alpha value is -2.57. The maximum absolute atomic E-state index is 12.6. The van der Waals surface area contributed by atoms with Crippen LogP contribution in [0.15, 0.2) is 54.6 Å². The van der Waals surface area contributed by atoms with E-state index < -0.39 is 6.04 Å².